The summed E-state index contributed by atoms with van der Waals surface area (Å²) in [5.74, 6) is 0.884. The summed E-state index contributed by atoms with van der Waals surface area (Å²) in [7, 11) is -28.8. The monoisotopic (exact) mass is 1980 g/mol. The zero-order chi connectivity index (χ0) is 95.5. The van der Waals surface area contributed by atoms with Gasteiger partial charge in [-0.3, -0.25) is 46.1 Å². The van der Waals surface area contributed by atoms with Gasteiger partial charge in [0.1, 0.15) is 4.90 Å². The van der Waals surface area contributed by atoms with Crippen LogP contribution in [0, 0.1) is 41.5 Å². The Morgan fingerprint density at radius 2 is 0.696 bits per heavy atom. The first kappa shape index (κ1) is 93.2. The van der Waals surface area contributed by atoms with Gasteiger partial charge >= 0.3 is 0 Å². The number of pyridine rings is 4. The van der Waals surface area contributed by atoms with E-state index in [4.69, 9.17) is 16.6 Å². The minimum Gasteiger partial charge on any atom is -0.280 e. The van der Waals surface area contributed by atoms with Crippen LogP contribution in [0.4, 0.5) is 45.5 Å². The molecule has 0 spiro atoms. The van der Waals surface area contributed by atoms with Gasteiger partial charge in [0.05, 0.1) is 99.1 Å². The Bertz CT molecular complexity index is 8250. The van der Waals surface area contributed by atoms with Crippen molar-refractivity contribution >= 4 is 181 Å². The van der Waals surface area contributed by atoms with Gasteiger partial charge in [0, 0.05) is 118 Å². The summed E-state index contributed by atoms with van der Waals surface area (Å²) in [5, 5.41) is 4.82. The highest BCUT2D eigenvalue weighted by Gasteiger charge is 2.38. The van der Waals surface area contributed by atoms with Crippen molar-refractivity contribution < 1.29 is 67.3 Å². The SMILES string of the molecule is Cc1ccc(NS(=O)(=O)c2ccc(N3CCS3(=O)=O)cc2)cc1-c1ccc2cnccc2n1.Cc1ccc(NS(=O)(=O)c2ccc(N3CCS3(=O)=O)cc2C)cc1-c1ccc2ccccc2n1.Cc1ccc(NS(=O)(=O)c2ccc(N3CCS3(=O)=O)cc2C)cc1-c1ncc2ccccc2n1.Cc1ccc(NS(=O)(=O)c2ccc(N3CCS3(=O)=O)cc2Cl)cc1-c1nccc2ccccc12. The molecule has 30 nitrogen and oxygen atoms in total. The number of para-hydroxylation sites is 2. The summed E-state index contributed by atoms with van der Waals surface area (Å²) < 4.78 is 215. The van der Waals surface area contributed by atoms with Gasteiger partial charge in [-0.15, -0.1) is 0 Å². The van der Waals surface area contributed by atoms with Crippen molar-refractivity contribution in [3.05, 3.63) is 324 Å². The highest BCUT2D eigenvalue weighted by molar-refractivity contribution is 7.95. The Labute approximate surface area is 787 Å². The molecule has 135 heavy (non-hydrogen) atoms. The highest BCUT2D eigenvalue weighted by atomic mass is 35.5. The smallest absolute Gasteiger partial charge is 0.263 e. The second-order valence-electron chi connectivity index (χ2n) is 32.4. The van der Waals surface area contributed by atoms with E-state index >= 15 is 0 Å². The van der Waals surface area contributed by atoms with E-state index in [2.05, 4.69) is 43.8 Å². The molecular weight excluding hydrogens is 1900 g/mol. The molecular formula is C96H85ClN14O16S8. The van der Waals surface area contributed by atoms with Crippen molar-refractivity contribution in [1.29, 1.82) is 0 Å². The molecule has 16 aromatic rings. The summed E-state index contributed by atoms with van der Waals surface area (Å²) in [6.45, 7) is 12.6. The second-order valence-corrected chi connectivity index (χ2v) is 47.5. The van der Waals surface area contributed by atoms with Crippen molar-refractivity contribution in [1.82, 2.24) is 29.9 Å². The molecule has 0 amide bonds. The van der Waals surface area contributed by atoms with Crippen LogP contribution >= 0.6 is 11.6 Å². The largest absolute Gasteiger partial charge is 0.280 e. The third-order valence-electron chi connectivity index (χ3n) is 23.2. The number of halogens is 1. The van der Waals surface area contributed by atoms with Crippen molar-refractivity contribution in [3.8, 4) is 45.2 Å². The average Bonchev–Trinajstić information content (AvgIpc) is 0.809. The van der Waals surface area contributed by atoms with Crippen LogP contribution in [-0.4, -0.2) is 146 Å². The van der Waals surface area contributed by atoms with Gasteiger partial charge in [0.15, 0.2) is 5.82 Å². The Hall–Kier alpha value is -13.6. The number of anilines is 8. The summed E-state index contributed by atoms with van der Waals surface area (Å²) in [6, 6.07) is 75.0. The van der Waals surface area contributed by atoms with Crippen molar-refractivity contribution in [2.45, 2.75) is 61.1 Å². The van der Waals surface area contributed by atoms with Gasteiger partial charge in [-0.1, -0.05) is 103 Å². The lowest BCUT2D eigenvalue weighted by Crippen LogP contribution is -2.47. The fraction of sp³-hybridized carbons (Fsp3) is 0.146. The molecule has 4 aliphatic heterocycles. The normalized spacial score (nSPS) is 15.2. The van der Waals surface area contributed by atoms with E-state index in [1.54, 1.807) is 99.3 Å². The molecule has 4 fully saturated rings. The summed E-state index contributed by atoms with van der Waals surface area (Å²) in [4.78, 5) is 27.2. The molecule has 5 aromatic heterocycles. The number of nitrogens with zero attached hydrogens (tertiary/aromatic N) is 10. The molecule has 0 unspecified atom stereocenters. The minimum absolute atomic E-state index is 0.0441. The van der Waals surface area contributed by atoms with Gasteiger partial charge in [0.25, 0.3) is 40.1 Å². The Morgan fingerprint density at radius 1 is 0.311 bits per heavy atom. The Morgan fingerprint density at radius 3 is 1.18 bits per heavy atom. The van der Waals surface area contributed by atoms with E-state index in [0.717, 1.165) is 105 Å². The maximum Gasteiger partial charge on any atom is 0.263 e. The first-order valence-electron chi connectivity index (χ1n) is 42.0. The number of hydrogen-bond acceptors (Lipinski definition) is 22. The molecule has 39 heteroatoms. The molecule has 9 heterocycles. The van der Waals surface area contributed by atoms with Crippen LogP contribution in [0.2, 0.25) is 5.02 Å². The highest BCUT2D eigenvalue weighted by Crippen LogP contribution is 2.40. The Balaban J connectivity index is 0.000000125. The molecule has 4 aliphatic rings. The lowest BCUT2D eigenvalue weighted by molar-refractivity contribution is 0.577. The zero-order valence-corrected chi connectivity index (χ0v) is 80.2. The number of benzene rings is 11. The molecule has 0 aliphatic carbocycles. The molecule has 11 aromatic carbocycles. The van der Waals surface area contributed by atoms with E-state index in [0.29, 0.717) is 88.6 Å². The van der Waals surface area contributed by atoms with Crippen LogP contribution in [-0.2, 0) is 80.2 Å². The lowest BCUT2D eigenvalue weighted by Gasteiger charge is -2.32. The van der Waals surface area contributed by atoms with E-state index in [1.807, 2.05) is 161 Å². The molecule has 690 valence electrons. The number of fused-ring (bicyclic) bond motifs is 4. The number of aryl methyl sites for hydroxylation is 6. The van der Waals surface area contributed by atoms with Crippen molar-refractivity contribution in [2.24, 2.45) is 0 Å². The molecule has 4 N–H and O–H groups in total. The molecule has 0 saturated carbocycles. The number of rotatable bonds is 20. The van der Waals surface area contributed by atoms with Crippen LogP contribution in [0.3, 0.4) is 0 Å². The third kappa shape index (κ3) is 19.8. The summed E-state index contributed by atoms with van der Waals surface area (Å²) in [6.07, 6.45) is 6.90. The van der Waals surface area contributed by atoms with Crippen LogP contribution < -0.4 is 36.1 Å². The number of nitrogens with one attached hydrogen (secondary N) is 4. The average molecular weight is 1980 g/mol. The molecule has 4 saturated heterocycles. The number of sulfonamides is 8. The maximum atomic E-state index is 13.2. The summed E-state index contributed by atoms with van der Waals surface area (Å²) in [5.41, 5.74) is 15.9. The molecule has 0 bridgehead atoms. The first-order valence-corrected chi connectivity index (χ1v) is 54.7. The first-order chi connectivity index (χ1) is 64.2. The number of aromatic nitrogens is 6. The van der Waals surface area contributed by atoms with E-state index in [-0.39, 0.29) is 47.6 Å². The predicted octanol–water partition coefficient (Wildman–Crippen LogP) is 16.7. The lowest BCUT2D eigenvalue weighted by atomic mass is 10.00. The maximum absolute atomic E-state index is 13.2. The van der Waals surface area contributed by atoms with E-state index in [9.17, 15) is 67.3 Å². The number of hydrogen-bond donors (Lipinski definition) is 4. The van der Waals surface area contributed by atoms with Crippen LogP contribution in [0.5, 0.6) is 0 Å². The third-order valence-corrected chi connectivity index (χ3v) is 36.6. The van der Waals surface area contributed by atoms with Gasteiger partial charge in [-0.25, -0.2) is 87.3 Å². The zero-order valence-electron chi connectivity index (χ0n) is 72.9. The van der Waals surface area contributed by atoms with Gasteiger partial charge < -0.3 is 0 Å². The summed E-state index contributed by atoms with van der Waals surface area (Å²) >= 11 is 6.27. The van der Waals surface area contributed by atoms with Crippen LogP contribution in [0.1, 0.15) is 33.4 Å². The predicted molar refractivity (Wildman–Crippen MR) is 531 cm³/mol. The fourth-order valence-electron chi connectivity index (χ4n) is 15.7. The van der Waals surface area contributed by atoms with Gasteiger partial charge in [-0.2, -0.15) is 0 Å². The molecule has 0 radical (unpaired) electrons. The van der Waals surface area contributed by atoms with Gasteiger partial charge in [0.2, 0.25) is 40.1 Å². The minimum atomic E-state index is -4.03. The van der Waals surface area contributed by atoms with Crippen LogP contribution in [0.25, 0.3) is 88.6 Å². The standard InChI is InChI=1S/C25H23N3O4S2.C24H20ClN3O4S2.C24H22N4O4S2.C23H20N4O4S2/c1-17-7-9-20(16-22(17)24-11-8-19-5-3-4-6-23(19)26-24)27-34(31,32)25-12-10-21(15-18(25)2)28-13-14-33(28,29)30;1-16-6-7-18(14-21(16)24-20-5-3-2-4-17(20)10-11-26-24)27-34(31,32)23-9-8-19(15-22(23)25)28-12-13-33(28,29)30;1-16-7-8-19(14-21(16)24-25-15-18-5-3-4-6-22(18)26-24)27-34(31,32)23-10-9-20(13-17(23)2)28-11-12-33(28,29)30;1-16-2-4-18(14-21(16)23-9-3-17-15-24-11-10-22(17)25-23)26-33(30,31)20-7-5-19(6-8-20)27-12-13-32(27,28)29/h3-12,15-16,27H,13-14H2,1-2H3;2-11,14-15,27H,12-13H2,1H3;3-10,13-15,27H,11-12H2,1-2H3;2-11,14-15,26H,12-13H2,1H3. The van der Waals surface area contributed by atoms with Gasteiger partial charge in [-0.05, 0) is 250 Å². The molecule has 20 rings (SSSR count). The Kier molecular flexibility index (Phi) is 25.3. The second kappa shape index (κ2) is 36.7. The van der Waals surface area contributed by atoms with Crippen LogP contribution in [0.15, 0.2) is 305 Å². The van der Waals surface area contributed by atoms with E-state index < -0.39 is 80.2 Å². The fourth-order valence-corrected chi connectivity index (χ4v) is 25.3. The topological polar surface area (TPSA) is 412 Å². The quantitative estimate of drug-likeness (QED) is 0.0550. The van der Waals surface area contributed by atoms with E-state index in [1.165, 1.54) is 84.0 Å². The van der Waals surface area contributed by atoms with Crippen molar-refractivity contribution in [2.75, 3.05) is 85.3 Å². The van der Waals surface area contributed by atoms with Crippen molar-refractivity contribution in [3.63, 3.8) is 0 Å². The molecule has 0 atom stereocenters.